The van der Waals surface area contributed by atoms with Gasteiger partial charge in [0.1, 0.15) is 13.2 Å². The van der Waals surface area contributed by atoms with Crippen LogP contribution in [-0.2, 0) is 28.5 Å². The van der Waals surface area contributed by atoms with E-state index >= 15 is 0 Å². The number of hydrogen-bond acceptors (Lipinski definition) is 6. The number of esters is 2. The Morgan fingerprint density at radius 1 is 0.773 bits per heavy atom. The summed E-state index contributed by atoms with van der Waals surface area (Å²) in [6, 6.07) is 0. The summed E-state index contributed by atoms with van der Waals surface area (Å²) in [5, 5.41) is 0. The zero-order valence-corrected chi connectivity index (χ0v) is 14.3. The predicted octanol–water partition coefficient (Wildman–Crippen LogP) is 2.48. The summed E-state index contributed by atoms with van der Waals surface area (Å²) in [7, 11) is 0. The largest absolute Gasteiger partial charge is 0.463 e. The van der Waals surface area contributed by atoms with Crippen LogP contribution in [0.25, 0.3) is 0 Å². The fraction of sp³-hybridized carbons (Fsp3) is 0.875. The molecule has 6 heteroatoms. The lowest BCUT2D eigenvalue weighted by Gasteiger charge is -2.12. The van der Waals surface area contributed by atoms with Crippen LogP contribution >= 0.6 is 0 Å². The first-order chi connectivity index (χ1) is 10.5. The van der Waals surface area contributed by atoms with Gasteiger partial charge in [0, 0.05) is 26.1 Å². The van der Waals surface area contributed by atoms with Gasteiger partial charge >= 0.3 is 11.9 Å². The molecule has 0 radical (unpaired) electrons. The van der Waals surface area contributed by atoms with E-state index in [2.05, 4.69) is 0 Å². The maximum absolute atomic E-state index is 11.5. The van der Waals surface area contributed by atoms with Gasteiger partial charge in [-0.1, -0.05) is 0 Å². The van der Waals surface area contributed by atoms with Gasteiger partial charge < -0.3 is 18.9 Å². The number of carbonyl (C=O) groups is 2. The molecule has 2 unspecified atom stereocenters. The van der Waals surface area contributed by atoms with E-state index in [1.54, 1.807) is 0 Å². The highest BCUT2D eigenvalue weighted by Crippen LogP contribution is 2.04. The van der Waals surface area contributed by atoms with Crippen LogP contribution in [0.2, 0.25) is 0 Å². The molecule has 0 bridgehead atoms. The molecule has 22 heavy (non-hydrogen) atoms. The Kier molecular flexibility index (Phi) is 12.8. The molecule has 0 aromatic heterocycles. The van der Waals surface area contributed by atoms with E-state index in [1.807, 2.05) is 27.7 Å². The molecule has 0 heterocycles. The zero-order chi connectivity index (χ0) is 16.8. The predicted molar refractivity (Wildman–Crippen MR) is 82.6 cm³/mol. The molecule has 0 fully saturated rings. The number of hydrogen-bond donors (Lipinski definition) is 0. The first-order valence-electron chi connectivity index (χ1n) is 8.04. The van der Waals surface area contributed by atoms with Crippen LogP contribution in [-0.4, -0.2) is 50.6 Å². The average molecular weight is 318 g/mol. The molecule has 130 valence electrons. The van der Waals surface area contributed by atoms with Crippen LogP contribution in [0.4, 0.5) is 0 Å². The molecule has 0 spiro atoms. The van der Waals surface area contributed by atoms with Gasteiger partial charge in [0.05, 0.1) is 12.2 Å². The summed E-state index contributed by atoms with van der Waals surface area (Å²) in [6.45, 7) is 9.24. The maximum atomic E-state index is 11.5. The van der Waals surface area contributed by atoms with Gasteiger partial charge in [-0.3, -0.25) is 9.59 Å². The second kappa shape index (κ2) is 13.5. The van der Waals surface area contributed by atoms with Gasteiger partial charge in [0.25, 0.3) is 0 Å². The fourth-order valence-corrected chi connectivity index (χ4v) is 1.77. The van der Waals surface area contributed by atoms with E-state index in [1.165, 1.54) is 0 Å². The summed E-state index contributed by atoms with van der Waals surface area (Å²) in [5.74, 6) is -0.519. The highest BCUT2D eigenvalue weighted by Gasteiger charge is 2.09. The smallest absolute Gasteiger partial charge is 0.305 e. The minimum absolute atomic E-state index is 0.0868. The molecular formula is C16H30O6. The van der Waals surface area contributed by atoms with Crippen molar-refractivity contribution in [3.05, 3.63) is 0 Å². The summed E-state index contributed by atoms with van der Waals surface area (Å²) >= 11 is 0. The number of carbonyl (C=O) groups excluding carboxylic acids is 2. The highest BCUT2D eigenvalue weighted by atomic mass is 16.6. The van der Waals surface area contributed by atoms with E-state index in [-0.39, 0.29) is 37.4 Å². The van der Waals surface area contributed by atoms with Crippen LogP contribution in [0.5, 0.6) is 0 Å². The monoisotopic (exact) mass is 318 g/mol. The van der Waals surface area contributed by atoms with Crippen molar-refractivity contribution in [2.45, 2.75) is 65.6 Å². The van der Waals surface area contributed by atoms with Crippen LogP contribution in [0, 0.1) is 0 Å². The molecule has 0 aromatic carbocycles. The van der Waals surface area contributed by atoms with Crippen molar-refractivity contribution in [1.82, 2.24) is 0 Å². The Labute approximate surface area is 133 Å². The van der Waals surface area contributed by atoms with Gasteiger partial charge in [0.2, 0.25) is 0 Å². The number of unbranched alkanes of at least 4 members (excludes halogenated alkanes) is 1. The zero-order valence-electron chi connectivity index (χ0n) is 14.3. The maximum Gasteiger partial charge on any atom is 0.305 e. The topological polar surface area (TPSA) is 71.1 Å². The molecule has 0 rings (SSSR count). The van der Waals surface area contributed by atoms with Gasteiger partial charge in [-0.25, -0.2) is 0 Å². The lowest BCUT2D eigenvalue weighted by Crippen LogP contribution is -2.19. The van der Waals surface area contributed by atoms with Crippen molar-refractivity contribution < 1.29 is 28.5 Å². The van der Waals surface area contributed by atoms with Crippen LogP contribution in [0.1, 0.15) is 53.4 Å². The summed E-state index contributed by atoms with van der Waals surface area (Å²) in [6.07, 6.45) is 1.66. The van der Waals surface area contributed by atoms with Gasteiger partial charge in [-0.05, 0) is 40.5 Å². The van der Waals surface area contributed by atoms with Crippen molar-refractivity contribution in [2.75, 3.05) is 26.4 Å². The first-order valence-corrected chi connectivity index (χ1v) is 8.04. The Morgan fingerprint density at radius 2 is 1.14 bits per heavy atom. The molecule has 0 aliphatic carbocycles. The van der Waals surface area contributed by atoms with Gasteiger partial charge in [0.15, 0.2) is 0 Å². The molecule has 6 nitrogen and oxygen atoms in total. The lowest BCUT2D eigenvalue weighted by molar-refractivity contribution is -0.149. The first kappa shape index (κ1) is 20.9. The lowest BCUT2D eigenvalue weighted by atomic mass is 10.2. The average Bonchev–Trinajstić information content (AvgIpc) is 2.48. The SMILES string of the molecule is CCOC(C)COC(=O)CCCCC(=O)OCC(C)OCC. The second-order valence-electron chi connectivity index (χ2n) is 5.11. The molecule has 0 aliphatic rings. The third-order valence-corrected chi connectivity index (χ3v) is 2.87. The molecule has 0 aliphatic heterocycles. The normalized spacial score (nSPS) is 13.5. The molecule has 2 atom stereocenters. The Hall–Kier alpha value is -1.14. The number of ether oxygens (including phenoxy) is 4. The Bertz CT molecular complexity index is 275. The van der Waals surface area contributed by atoms with E-state index in [4.69, 9.17) is 18.9 Å². The summed E-state index contributed by atoms with van der Waals surface area (Å²) in [4.78, 5) is 22.9. The van der Waals surface area contributed by atoms with Crippen molar-refractivity contribution in [2.24, 2.45) is 0 Å². The second-order valence-corrected chi connectivity index (χ2v) is 5.11. The van der Waals surface area contributed by atoms with Crippen molar-refractivity contribution in [3.8, 4) is 0 Å². The third kappa shape index (κ3) is 12.6. The van der Waals surface area contributed by atoms with Crippen molar-refractivity contribution >= 4 is 11.9 Å². The molecule has 0 aromatic rings. The molecular weight excluding hydrogens is 288 g/mol. The third-order valence-electron chi connectivity index (χ3n) is 2.87. The minimum atomic E-state index is -0.259. The summed E-state index contributed by atoms with van der Waals surface area (Å²) in [5.41, 5.74) is 0. The minimum Gasteiger partial charge on any atom is -0.463 e. The molecule has 0 amide bonds. The van der Waals surface area contributed by atoms with Gasteiger partial charge in [-0.15, -0.1) is 0 Å². The van der Waals surface area contributed by atoms with Crippen LogP contribution in [0.15, 0.2) is 0 Å². The Balaban J connectivity index is 3.54. The standard InChI is InChI=1S/C16H30O6/c1-5-19-13(3)11-21-15(17)9-7-8-10-16(18)22-12-14(4)20-6-2/h13-14H,5-12H2,1-4H3. The molecule has 0 N–H and O–H groups in total. The van der Waals surface area contributed by atoms with Crippen molar-refractivity contribution in [1.29, 1.82) is 0 Å². The Morgan fingerprint density at radius 3 is 1.45 bits per heavy atom. The van der Waals surface area contributed by atoms with Gasteiger partial charge in [-0.2, -0.15) is 0 Å². The molecule has 0 saturated heterocycles. The van der Waals surface area contributed by atoms with Crippen LogP contribution in [0.3, 0.4) is 0 Å². The van der Waals surface area contributed by atoms with E-state index < -0.39 is 0 Å². The highest BCUT2D eigenvalue weighted by molar-refractivity contribution is 5.70. The summed E-state index contributed by atoms with van der Waals surface area (Å²) < 4.78 is 20.7. The van der Waals surface area contributed by atoms with E-state index in [0.717, 1.165) is 0 Å². The quantitative estimate of drug-likeness (QED) is 0.384. The van der Waals surface area contributed by atoms with Crippen LogP contribution < -0.4 is 0 Å². The van der Waals surface area contributed by atoms with E-state index in [9.17, 15) is 9.59 Å². The molecule has 0 saturated carbocycles. The fourth-order valence-electron chi connectivity index (χ4n) is 1.77. The van der Waals surface area contributed by atoms with Crippen molar-refractivity contribution in [3.63, 3.8) is 0 Å². The number of rotatable bonds is 13. The van der Waals surface area contributed by atoms with E-state index in [0.29, 0.717) is 38.9 Å².